The van der Waals surface area contributed by atoms with Crippen LogP contribution in [-0.2, 0) is 33.8 Å². The summed E-state index contributed by atoms with van der Waals surface area (Å²) in [4.78, 5) is 24.7. The van der Waals surface area contributed by atoms with Crippen LogP contribution in [0.15, 0.2) is 0 Å². The molecule has 7 saturated heterocycles. The van der Waals surface area contributed by atoms with E-state index >= 15 is 0 Å². The molecule has 7 unspecified atom stereocenters. The average molecular weight is 607 g/mol. The monoisotopic (exact) mass is 606 g/mol. The molecule has 0 radical (unpaired) electrons. The highest BCUT2D eigenvalue weighted by atomic mass is 17.3. The van der Waals surface area contributed by atoms with Gasteiger partial charge in [0.2, 0.25) is 5.79 Å². The minimum Gasteiger partial charge on any atom is -0.393 e. The lowest BCUT2D eigenvalue weighted by Gasteiger charge is -2.61. The van der Waals surface area contributed by atoms with Gasteiger partial charge in [0.15, 0.2) is 17.7 Å². The average Bonchev–Trinajstić information content (AvgIpc) is 3.37. The summed E-state index contributed by atoms with van der Waals surface area (Å²) in [6, 6.07) is 0. The van der Waals surface area contributed by atoms with Crippen LogP contribution < -0.4 is 0 Å². The first-order valence-corrected chi connectivity index (χ1v) is 17.8. The van der Waals surface area contributed by atoms with Gasteiger partial charge in [-0.3, -0.25) is 0 Å². The Morgan fingerprint density at radius 2 is 1.58 bits per heavy atom. The predicted octanol–water partition coefficient (Wildman–Crippen LogP) is 6.93. The Morgan fingerprint density at radius 3 is 2.33 bits per heavy atom. The van der Waals surface area contributed by atoms with Crippen LogP contribution in [0.4, 0.5) is 0 Å². The third kappa shape index (κ3) is 4.90. The fourth-order valence-electron chi connectivity index (χ4n) is 11.2. The molecule has 0 aromatic carbocycles. The molecule has 1 N–H and O–H groups in total. The van der Waals surface area contributed by atoms with E-state index in [1.54, 1.807) is 0 Å². The first kappa shape index (κ1) is 31.3. The fraction of sp³-hybridized carbons (Fsp3) is 1.00. The van der Waals surface area contributed by atoms with Crippen molar-refractivity contribution in [2.45, 2.75) is 160 Å². The van der Waals surface area contributed by atoms with Gasteiger partial charge in [0, 0.05) is 18.8 Å². The molecule has 2 aliphatic carbocycles. The Morgan fingerprint density at radius 1 is 0.837 bits per heavy atom. The van der Waals surface area contributed by atoms with Gasteiger partial charge in [-0.05, 0) is 113 Å². The highest BCUT2D eigenvalue weighted by Gasteiger charge is 2.69. The molecule has 9 fully saturated rings. The zero-order chi connectivity index (χ0) is 30.4. The van der Waals surface area contributed by atoms with E-state index in [4.69, 9.17) is 33.8 Å². The van der Waals surface area contributed by atoms with Gasteiger partial charge in [-0.2, -0.15) is 0 Å². The summed E-state index contributed by atoms with van der Waals surface area (Å²) in [5.74, 6) is 1.80. The highest BCUT2D eigenvalue weighted by molar-refractivity contribution is 5.10. The lowest BCUT2D eigenvalue weighted by Crippen LogP contribution is -2.70. The molecule has 8 nitrogen and oxygen atoms in total. The van der Waals surface area contributed by atoms with Crippen molar-refractivity contribution in [3.63, 3.8) is 0 Å². The molecule has 2 saturated carbocycles. The fourth-order valence-corrected chi connectivity index (χ4v) is 11.2. The van der Waals surface area contributed by atoms with Crippen molar-refractivity contribution in [1.82, 2.24) is 0 Å². The van der Waals surface area contributed by atoms with Crippen molar-refractivity contribution in [1.29, 1.82) is 0 Å². The van der Waals surface area contributed by atoms with Crippen LogP contribution in [0.1, 0.15) is 119 Å². The molecule has 4 bridgehead atoms. The van der Waals surface area contributed by atoms with Crippen LogP contribution in [0.2, 0.25) is 0 Å². The Balaban J connectivity index is 1.04. The maximum absolute atomic E-state index is 11.7. The summed E-state index contributed by atoms with van der Waals surface area (Å²) in [5, 5.41) is 11.7. The Hall–Kier alpha value is -0.320. The van der Waals surface area contributed by atoms with Crippen LogP contribution in [-0.4, -0.2) is 53.0 Å². The van der Waals surface area contributed by atoms with Crippen LogP contribution in [0, 0.1) is 53.3 Å². The van der Waals surface area contributed by atoms with E-state index in [1.165, 1.54) is 6.42 Å². The molecular weight excluding hydrogens is 548 g/mol. The van der Waals surface area contributed by atoms with Gasteiger partial charge in [0.1, 0.15) is 5.60 Å². The van der Waals surface area contributed by atoms with E-state index < -0.39 is 35.2 Å². The minimum absolute atomic E-state index is 0.0602. The highest BCUT2D eigenvalue weighted by Crippen LogP contribution is 2.62. The van der Waals surface area contributed by atoms with Gasteiger partial charge >= 0.3 is 0 Å². The quantitative estimate of drug-likeness (QED) is 0.313. The van der Waals surface area contributed by atoms with Crippen LogP contribution in [0.5, 0.6) is 0 Å². The summed E-state index contributed by atoms with van der Waals surface area (Å²) in [6.07, 6.45) is 10.4. The second kappa shape index (κ2) is 11.1. The van der Waals surface area contributed by atoms with E-state index in [0.717, 1.165) is 64.2 Å². The van der Waals surface area contributed by atoms with Gasteiger partial charge in [-0.1, -0.05) is 41.0 Å². The zero-order valence-corrected chi connectivity index (χ0v) is 27.7. The Labute approximate surface area is 259 Å². The molecule has 7 aliphatic heterocycles. The van der Waals surface area contributed by atoms with Crippen molar-refractivity contribution in [2.24, 2.45) is 53.3 Å². The van der Waals surface area contributed by atoms with Crippen molar-refractivity contribution in [3.05, 3.63) is 0 Å². The lowest BCUT2D eigenvalue weighted by molar-refractivity contribution is -0.571. The van der Waals surface area contributed by atoms with Crippen LogP contribution in [0.25, 0.3) is 0 Å². The first-order chi connectivity index (χ1) is 20.4. The lowest BCUT2D eigenvalue weighted by atomic mass is 9.56. The van der Waals surface area contributed by atoms with Gasteiger partial charge in [0.25, 0.3) is 0 Å². The molecule has 0 aromatic heterocycles. The smallest absolute Gasteiger partial charge is 0.201 e. The van der Waals surface area contributed by atoms with Crippen LogP contribution >= 0.6 is 0 Å². The van der Waals surface area contributed by atoms with Crippen molar-refractivity contribution >= 4 is 0 Å². The third-order valence-corrected chi connectivity index (χ3v) is 13.9. The summed E-state index contributed by atoms with van der Waals surface area (Å²) in [7, 11) is 0. The number of hydrogen-bond acceptors (Lipinski definition) is 8. The molecular formula is C35H58O8. The molecule has 16 atom stereocenters. The second-order valence-electron chi connectivity index (χ2n) is 16.5. The standard InChI is InChI=1S/C35H58O8/c1-8-24-10-12-27-23(5)30(38-31-35(27)28(24)14-16-33(7,39-31)41-43-35)18-20(2)17-29(36)22(4)26-11-9-21(3)25-13-15-32(6)37-19-34(25,26)42-40-32/h20-31,36H,8-19H2,1-7H3/t20?,21-,22?,23?,24-,25?,26+,27+,28?,29?,30?,31-,32-,33-,34-,35+/m1/s1. The van der Waals surface area contributed by atoms with Gasteiger partial charge in [-0.25, -0.2) is 19.6 Å². The summed E-state index contributed by atoms with van der Waals surface area (Å²) in [6.45, 7) is 16.0. The van der Waals surface area contributed by atoms with E-state index in [9.17, 15) is 5.11 Å². The largest absolute Gasteiger partial charge is 0.393 e. The molecule has 9 aliphatic rings. The topological polar surface area (TPSA) is 84.8 Å². The predicted molar refractivity (Wildman–Crippen MR) is 159 cm³/mol. The first-order valence-electron chi connectivity index (χ1n) is 17.8. The Kier molecular flexibility index (Phi) is 8.11. The summed E-state index contributed by atoms with van der Waals surface area (Å²) < 4.78 is 19.8. The molecule has 246 valence electrons. The molecule has 9 rings (SSSR count). The Bertz CT molecular complexity index is 1010. The number of aliphatic hydroxyl groups is 1. The normalized spacial score (nSPS) is 54.6. The maximum atomic E-state index is 11.7. The van der Waals surface area contributed by atoms with Gasteiger partial charge in [-0.15, -0.1) is 0 Å². The van der Waals surface area contributed by atoms with Gasteiger partial charge < -0.3 is 19.3 Å². The molecule has 7 heterocycles. The van der Waals surface area contributed by atoms with E-state index in [1.807, 2.05) is 13.8 Å². The molecule has 0 amide bonds. The number of ether oxygens (including phenoxy) is 3. The van der Waals surface area contributed by atoms with Crippen molar-refractivity contribution in [3.8, 4) is 0 Å². The molecule has 43 heavy (non-hydrogen) atoms. The summed E-state index contributed by atoms with van der Waals surface area (Å²) in [5.41, 5.74) is -0.996. The zero-order valence-electron chi connectivity index (χ0n) is 27.7. The molecule has 2 spiro atoms. The van der Waals surface area contributed by atoms with E-state index in [0.29, 0.717) is 48.0 Å². The number of hydrogen-bond donors (Lipinski definition) is 1. The number of fused-ring (bicyclic) bond motifs is 5. The minimum atomic E-state index is -0.753. The second-order valence-corrected chi connectivity index (χ2v) is 16.5. The SMILES string of the molecule is CC[C@@H]1CC[C@H]2C(C)C(CC(C)CC(O)C(C)[C@@H]3CC[C@@H](C)C4CC[C@]5(C)OC[C@@]43OO5)O[C@@H]3O[C@@]4(C)CCC1[C@]32OO4. The maximum Gasteiger partial charge on any atom is 0.201 e. The van der Waals surface area contributed by atoms with Crippen molar-refractivity contribution in [2.75, 3.05) is 6.61 Å². The van der Waals surface area contributed by atoms with Gasteiger partial charge in [0.05, 0.1) is 18.8 Å². The van der Waals surface area contributed by atoms with E-state index in [-0.39, 0.29) is 17.9 Å². The number of aliphatic hydroxyl groups excluding tert-OH is 1. The number of rotatable bonds is 7. The molecule has 8 heteroatoms. The van der Waals surface area contributed by atoms with Crippen molar-refractivity contribution < 1.29 is 38.9 Å². The third-order valence-electron chi connectivity index (χ3n) is 13.9. The van der Waals surface area contributed by atoms with Crippen LogP contribution in [0.3, 0.4) is 0 Å². The van der Waals surface area contributed by atoms with E-state index in [2.05, 4.69) is 34.6 Å². The summed E-state index contributed by atoms with van der Waals surface area (Å²) >= 11 is 0. The molecule has 0 aromatic rings.